The van der Waals surface area contributed by atoms with Crippen molar-refractivity contribution in [1.82, 2.24) is 30.2 Å². The molecule has 0 bridgehead atoms. The Morgan fingerprint density at radius 2 is 1.88 bits per heavy atom. The van der Waals surface area contributed by atoms with Crippen molar-refractivity contribution in [2.75, 3.05) is 0 Å². The number of nitrogens with zero attached hydrogens (tertiary/aromatic N) is 5. The van der Waals surface area contributed by atoms with E-state index in [1.165, 1.54) is 4.57 Å². The van der Waals surface area contributed by atoms with E-state index in [2.05, 4.69) is 27.5 Å². The molecule has 0 amide bonds. The molecule has 12 nitrogen and oxygen atoms in total. The molecular weight excluding hydrogens is 516 g/mol. The van der Waals surface area contributed by atoms with Crippen molar-refractivity contribution in [2.24, 2.45) is 0 Å². The fourth-order valence-electron chi connectivity index (χ4n) is 4.50. The number of aryl methyl sites for hydroxylation is 2. The van der Waals surface area contributed by atoms with Gasteiger partial charge >= 0.3 is 11.8 Å². The molecule has 0 spiro atoms. The van der Waals surface area contributed by atoms with E-state index in [1.54, 1.807) is 6.92 Å². The van der Waals surface area contributed by atoms with E-state index >= 15 is 0 Å². The van der Waals surface area contributed by atoms with Crippen molar-refractivity contribution in [3.05, 3.63) is 93.4 Å². The second-order valence-electron chi connectivity index (χ2n) is 9.18. The standard InChI is InChI=1S/C28H28N6O6/c1-3-4-9-24-29-22(25(34(24)16-35)27(36)38-15-23-17(2)39-28(37)40-23)14-18-10-12-19(13-11-18)20-7-5-6-8-21(20)26-30-32-33-31-26/h5-8,10-13,35H,3-4,9,14-16H2,1-2H3,(H,30,31,32,33). The molecule has 0 atom stereocenters. The molecular formula is C28H28N6O6. The number of carbonyl (C=O) groups excluding carboxylic acids is 1. The minimum atomic E-state index is -0.866. The van der Waals surface area contributed by atoms with Gasteiger partial charge in [-0.3, -0.25) is 4.57 Å². The van der Waals surface area contributed by atoms with Gasteiger partial charge in [0.05, 0.1) is 5.69 Å². The highest BCUT2D eigenvalue weighted by Gasteiger charge is 2.25. The maximum atomic E-state index is 13.2. The first-order valence-corrected chi connectivity index (χ1v) is 12.9. The van der Waals surface area contributed by atoms with Crippen molar-refractivity contribution in [2.45, 2.75) is 52.9 Å². The van der Waals surface area contributed by atoms with Gasteiger partial charge < -0.3 is 18.7 Å². The summed E-state index contributed by atoms with van der Waals surface area (Å²) in [5.74, 6) is -0.0223. The molecule has 0 unspecified atom stereocenters. The Morgan fingerprint density at radius 1 is 1.10 bits per heavy atom. The van der Waals surface area contributed by atoms with E-state index in [4.69, 9.17) is 18.6 Å². The first-order valence-electron chi connectivity index (χ1n) is 12.9. The number of unbranched alkanes of at least 4 members (excludes halogenated alkanes) is 1. The number of aromatic nitrogens is 6. The third kappa shape index (κ3) is 5.61. The number of hydrogen-bond acceptors (Lipinski definition) is 10. The van der Waals surface area contributed by atoms with Crippen LogP contribution in [0.4, 0.5) is 0 Å². The minimum Gasteiger partial charge on any atom is -0.453 e. The van der Waals surface area contributed by atoms with Gasteiger partial charge in [0, 0.05) is 18.4 Å². The van der Waals surface area contributed by atoms with Crippen LogP contribution in [0.1, 0.15) is 58.9 Å². The zero-order valence-electron chi connectivity index (χ0n) is 22.1. The van der Waals surface area contributed by atoms with Crippen molar-refractivity contribution in [1.29, 1.82) is 0 Å². The van der Waals surface area contributed by atoms with Crippen LogP contribution in [0.2, 0.25) is 0 Å². The highest BCUT2D eigenvalue weighted by Crippen LogP contribution is 2.30. The van der Waals surface area contributed by atoms with Crippen molar-refractivity contribution in [3.63, 3.8) is 0 Å². The fourth-order valence-corrected chi connectivity index (χ4v) is 4.50. The van der Waals surface area contributed by atoms with Crippen LogP contribution in [0.15, 0.2) is 62.2 Å². The molecule has 0 fully saturated rings. The Morgan fingerprint density at radius 3 is 2.52 bits per heavy atom. The highest BCUT2D eigenvalue weighted by atomic mass is 16.6. The van der Waals surface area contributed by atoms with Gasteiger partial charge in [0.25, 0.3) is 0 Å². The van der Waals surface area contributed by atoms with Crippen molar-refractivity contribution >= 4 is 5.97 Å². The zero-order valence-corrected chi connectivity index (χ0v) is 22.1. The largest absolute Gasteiger partial charge is 0.519 e. The second kappa shape index (κ2) is 11.9. The maximum Gasteiger partial charge on any atom is 0.519 e. The number of aromatic amines is 1. The maximum absolute atomic E-state index is 13.2. The molecule has 0 radical (unpaired) electrons. The zero-order chi connectivity index (χ0) is 28.1. The summed E-state index contributed by atoms with van der Waals surface area (Å²) in [6.45, 7) is 2.89. The second-order valence-corrected chi connectivity index (χ2v) is 9.18. The highest BCUT2D eigenvalue weighted by molar-refractivity contribution is 5.89. The number of ether oxygens (including phenoxy) is 1. The number of carbonyl (C=O) groups is 1. The van der Waals surface area contributed by atoms with Crippen LogP contribution in [0.5, 0.6) is 0 Å². The van der Waals surface area contributed by atoms with Gasteiger partial charge in [0.15, 0.2) is 29.6 Å². The predicted octanol–water partition coefficient (Wildman–Crippen LogP) is 3.83. The predicted molar refractivity (Wildman–Crippen MR) is 142 cm³/mol. The van der Waals surface area contributed by atoms with Crippen LogP contribution in [0.3, 0.4) is 0 Å². The number of imidazole rings is 1. The molecule has 3 aromatic heterocycles. The van der Waals surface area contributed by atoms with Crippen LogP contribution in [0, 0.1) is 6.92 Å². The Labute approximate surface area is 228 Å². The van der Waals surface area contributed by atoms with Crippen molar-refractivity contribution in [3.8, 4) is 22.5 Å². The summed E-state index contributed by atoms with van der Waals surface area (Å²) >= 11 is 0. The van der Waals surface area contributed by atoms with Gasteiger partial charge in [-0.25, -0.2) is 19.7 Å². The molecule has 12 heteroatoms. The smallest absolute Gasteiger partial charge is 0.453 e. The lowest BCUT2D eigenvalue weighted by Crippen LogP contribution is -2.16. The average Bonchev–Trinajstić information content (AvgIpc) is 3.70. The third-order valence-electron chi connectivity index (χ3n) is 6.54. The molecule has 2 N–H and O–H groups in total. The molecule has 40 heavy (non-hydrogen) atoms. The van der Waals surface area contributed by atoms with Gasteiger partial charge in [-0.1, -0.05) is 61.9 Å². The lowest BCUT2D eigenvalue weighted by molar-refractivity contribution is 0.0418. The Bertz CT molecular complexity index is 1650. The molecule has 2 aromatic carbocycles. The van der Waals surface area contributed by atoms with Gasteiger partial charge in [0.2, 0.25) is 0 Å². The van der Waals surface area contributed by atoms with E-state index in [-0.39, 0.29) is 23.8 Å². The molecule has 5 rings (SSSR count). The summed E-state index contributed by atoms with van der Waals surface area (Å²) in [5.41, 5.74) is 4.36. The van der Waals surface area contributed by atoms with Crippen molar-refractivity contribution < 1.29 is 23.5 Å². The number of rotatable bonds is 11. The van der Waals surface area contributed by atoms with E-state index in [9.17, 15) is 14.7 Å². The van der Waals surface area contributed by atoms with E-state index in [1.807, 2.05) is 48.5 Å². The fraction of sp³-hybridized carbons (Fsp3) is 0.286. The number of aliphatic hydroxyl groups is 1. The Hall–Kier alpha value is -4.84. The number of esters is 1. The topological polar surface area (TPSA) is 162 Å². The molecule has 3 heterocycles. The van der Waals surface area contributed by atoms with E-state index in [0.717, 1.165) is 35.1 Å². The molecule has 0 aliphatic carbocycles. The number of hydrogen-bond donors (Lipinski definition) is 2. The van der Waals surface area contributed by atoms with Gasteiger partial charge in [-0.2, -0.15) is 0 Å². The summed E-state index contributed by atoms with van der Waals surface area (Å²) in [6.07, 6.45) is 2.71. The number of H-pyrrole nitrogens is 1. The molecule has 0 aliphatic rings. The van der Waals surface area contributed by atoms with Crippen LogP contribution >= 0.6 is 0 Å². The SMILES string of the molecule is CCCCc1nc(Cc2ccc(-c3ccccc3-c3nnn[nH]3)cc2)c(C(=O)OCc2oc(=O)oc2C)n1CO. The van der Waals surface area contributed by atoms with Gasteiger partial charge in [0.1, 0.15) is 12.6 Å². The molecule has 0 aliphatic heterocycles. The average molecular weight is 545 g/mol. The first kappa shape index (κ1) is 26.8. The summed E-state index contributed by atoms with van der Waals surface area (Å²) in [7, 11) is 0. The summed E-state index contributed by atoms with van der Waals surface area (Å²) in [6, 6.07) is 15.7. The van der Waals surface area contributed by atoms with Gasteiger partial charge in [-0.05, 0) is 40.5 Å². The third-order valence-corrected chi connectivity index (χ3v) is 6.54. The van der Waals surface area contributed by atoms with Crippen LogP contribution < -0.4 is 5.82 Å². The van der Waals surface area contributed by atoms with Crippen LogP contribution in [-0.4, -0.2) is 41.3 Å². The Balaban J connectivity index is 1.42. The number of aliphatic hydroxyl groups excluding tert-OH is 1. The van der Waals surface area contributed by atoms with Crippen LogP contribution in [-0.2, 0) is 30.9 Å². The molecule has 0 saturated heterocycles. The quantitative estimate of drug-likeness (QED) is 0.234. The minimum absolute atomic E-state index is 0.123. The molecule has 5 aromatic rings. The van der Waals surface area contributed by atoms with E-state index in [0.29, 0.717) is 30.2 Å². The summed E-state index contributed by atoms with van der Waals surface area (Å²) in [4.78, 5) is 29.3. The first-order chi connectivity index (χ1) is 19.5. The van der Waals surface area contributed by atoms with Crippen LogP contribution in [0.25, 0.3) is 22.5 Å². The normalized spacial score (nSPS) is 11.2. The lowest BCUT2D eigenvalue weighted by Gasteiger charge is -2.10. The summed E-state index contributed by atoms with van der Waals surface area (Å²) < 4.78 is 16.7. The molecule has 0 saturated carbocycles. The monoisotopic (exact) mass is 544 g/mol. The number of nitrogens with one attached hydrogen (secondary N) is 1. The molecule has 206 valence electrons. The summed E-state index contributed by atoms with van der Waals surface area (Å²) in [5, 5.41) is 24.3. The van der Waals surface area contributed by atoms with E-state index < -0.39 is 18.5 Å². The number of benzene rings is 2. The lowest BCUT2D eigenvalue weighted by atomic mass is 9.97. The van der Waals surface area contributed by atoms with Gasteiger partial charge in [-0.15, -0.1) is 5.10 Å². The number of tetrazole rings is 1. The Kier molecular flexibility index (Phi) is 7.97.